The second kappa shape index (κ2) is 6.21. The fraction of sp³-hybridized carbons (Fsp3) is 0.917. The first-order valence-corrected chi connectivity index (χ1v) is 6.76. The molecule has 0 amide bonds. The van der Waals surface area contributed by atoms with E-state index in [-0.39, 0.29) is 0 Å². The fourth-order valence-electron chi connectivity index (χ4n) is 2.32. The number of rotatable bonds is 1. The van der Waals surface area contributed by atoms with Crippen LogP contribution >= 0.6 is 0 Å². The van der Waals surface area contributed by atoms with Crippen molar-refractivity contribution in [2.75, 3.05) is 52.4 Å². The molecule has 0 aromatic carbocycles. The molecule has 2 saturated heterocycles. The van der Waals surface area contributed by atoms with Crippen molar-refractivity contribution in [3.8, 4) is 0 Å². The Labute approximate surface area is 104 Å². The van der Waals surface area contributed by atoms with Crippen LogP contribution in [0, 0.1) is 0 Å². The number of hydrogen-bond donors (Lipinski definition) is 2. The van der Waals surface area contributed by atoms with Crippen LogP contribution in [-0.4, -0.2) is 74.2 Å². The van der Waals surface area contributed by atoms with Crippen LogP contribution in [-0.2, 0) is 0 Å². The van der Waals surface area contributed by atoms with Crippen molar-refractivity contribution in [3.63, 3.8) is 0 Å². The van der Waals surface area contributed by atoms with Gasteiger partial charge >= 0.3 is 0 Å². The smallest absolute Gasteiger partial charge is 0.197 e. The fourth-order valence-corrected chi connectivity index (χ4v) is 2.32. The first-order chi connectivity index (χ1) is 8.27. The van der Waals surface area contributed by atoms with Gasteiger partial charge in [-0.15, -0.1) is 0 Å². The van der Waals surface area contributed by atoms with Crippen LogP contribution in [0.25, 0.3) is 0 Å². The second-order valence-electron chi connectivity index (χ2n) is 5.00. The molecule has 2 fully saturated rings. The molecule has 0 saturated carbocycles. The highest BCUT2D eigenvalue weighted by molar-refractivity contribution is 5.80. The summed E-state index contributed by atoms with van der Waals surface area (Å²) >= 11 is 0. The van der Waals surface area contributed by atoms with Gasteiger partial charge in [0.2, 0.25) is 0 Å². The third kappa shape index (κ3) is 3.57. The Hall–Kier alpha value is -0.810. The van der Waals surface area contributed by atoms with E-state index in [1.807, 2.05) is 0 Å². The summed E-state index contributed by atoms with van der Waals surface area (Å²) in [4.78, 5) is 9.70. The topological polar surface area (TPSA) is 42.9 Å². The van der Waals surface area contributed by atoms with Crippen LogP contribution < -0.4 is 10.6 Å². The Balaban J connectivity index is 2.05. The van der Waals surface area contributed by atoms with Gasteiger partial charge < -0.3 is 20.4 Å². The van der Waals surface area contributed by atoms with E-state index in [4.69, 9.17) is 4.99 Å². The van der Waals surface area contributed by atoms with Crippen LogP contribution in [0.15, 0.2) is 4.99 Å². The molecule has 2 aliphatic heterocycles. The number of piperazine rings is 2. The number of hydrogen-bond acceptors (Lipinski definition) is 3. The molecule has 0 spiro atoms. The minimum atomic E-state index is 0.370. The highest BCUT2D eigenvalue weighted by atomic mass is 15.4. The minimum absolute atomic E-state index is 0.370. The van der Waals surface area contributed by atoms with Gasteiger partial charge in [-0.3, -0.25) is 4.99 Å². The van der Waals surface area contributed by atoms with Crippen LogP contribution in [0.1, 0.15) is 13.8 Å². The normalized spacial score (nSPS) is 21.8. The van der Waals surface area contributed by atoms with Gasteiger partial charge in [0.15, 0.2) is 5.96 Å². The summed E-state index contributed by atoms with van der Waals surface area (Å²) in [7, 11) is 0. The summed E-state index contributed by atoms with van der Waals surface area (Å²) in [6.07, 6.45) is 0. The van der Waals surface area contributed by atoms with E-state index in [1.165, 1.54) is 5.96 Å². The molecule has 2 aliphatic rings. The van der Waals surface area contributed by atoms with Gasteiger partial charge in [0.05, 0.1) is 0 Å². The highest BCUT2D eigenvalue weighted by Crippen LogP contribution is 2.05. The van der Waals surface area contributed by atoms with Crippen LogP contribution in [0.3, 0.4) is 0 Å². The van der Waals surface area contributed by atoms with E-state index in [0.717, 1.165) is 52.4 Å². The maximum Gasteiger partial charge on any atom is 0.197 e. The van der Waals surface area contributed by atoms with Crippen molar-refractivity contribution in [1.29, 1.82) is 0 Å². The van der Waals surface area contributed by atoms with Gasteiger partial charge in [-0.25, -0.2) is 0 Å². The molecule has 2 heterocycles. The van der Waals surface area contributed by atoms with Crippen LogP contribution in [0.2, 0.25) is 0 Å². The van der Waals surface area contributed by atoms with E-state index >= 15 is 0 Å². The number of nitrogens with zero attached hydrogens (tertiary/aromatic N) is 3. The lowest BCUT2D eigenvalue weighted by Gasteiger charge is -2.39. The Morgan fingerprint density at radius 3 is 1.65 bits per heavy atom. The third-order valence-electron chi connectivity index (χ3n) is 3.17. The Bertz CT molecular complexity index is 232. The summed E-state index contributed by atoms with van der Waals surface area (Å²) in [6, 6.07) is 0.370. The minimum Gasteiger partial charge on any atom is -0.340 e. The predicted octanol–water partition coefficient (Wildman–Crippen LogP) is -0.439. The standard InChI is InChI=1S/C12H25N5/c1-11(2)15-12(16-7-3-13-4-8-16)17-9-5-14-6-10-17/h11,13-14H,3-10H2,1-2H3. The average molecular weight is 239 g/mol. The summed E-state index contributed by atoms with van der Waals surface area (Å²) in [6.45, 7) is 12.9. The number of guanidine groups is 1. The zero-order valence-corrected chi connectivity index (χ0v) is 11.1. The Morgan fingerprint density at radius 2 is 1.29 bits per heavy atom. The van der Waals surface area contributed by atoms with Gasteiger partial charge in [-0.2, -0.15) is 0 Å². The van der Waals surface area contributed by atoms with Gasteiger partial charge in [0.25, 0.3) is 0 Å². The van der Waals surface area contributed by atoms with Crippen molar-refractivity contribution in [2.45, 2.75) is 19.9 Å². The van der Waals surface area contributed by atoms with Crippen LogP contribution in [0.4, 0.5) is 0 Å². The zero-order chi connectivity index (χ0) is 12.1. The van der Waals surface area contributed by atoms with E-state index in [0.29, 0.717) is 6.04 Å². The molecule has 2 N–H and O–H groups in total. The molecule has 0 aromatic heterocycles. The summed E-state index contributed by atoms with van der Waals surface area (Å²) in [5, 5.41) is 6.80. The summed E-state index contributed by atoms with van der Waals surface area (Å²) in [5.41, 5.74) is 0. The van der Waals surface area contributed by atoms with E-state index in [9.17, 15) is 0 Å². The van der Waals surface area contributed by atoms with Crippen molar-refractivity contribution in [2.24, 2.45) is 4.99 Å². The maximum atomic E-state index is 4.84. The van der Waals surface area contributed by atoms with Crippen molar-refractivity contribution < 1.29 is 0 Å². The van der Waals surface area contributed by atoms with Gasteiger partial charge in [0.1, 0.15) is 0 Å². The van der Waals surface area contributed by atoms with E-state index in [2.05, 4.69) is 34.3 Å². The molecule has 0 radical (unpaired) electrons. The molecule has 0 unspecified atom stereocenters. The molecule has 5 heteroatoms. The maximum absolute atomic E-state index is 4.84. The predicted molar refractivity (Wildman–Crippen MR) is 71.5 cm³/mol. The molecular weight excluding hydrogens is 214 g/mol. The van der Waals surface area contributed by atoms with Crippen molar-refractivity contribution >= 4 is 5.96 Å². The third-order valence-corrected chi connectivity index (χ3v) is 3.17. The second-order valence-corrected chi connectivity index (χ2v) is 5.00. The average Bonchev–Trinajstić information content (AvgIpc) is 2.38. The Morgan fingerprint density at radius 1 is 0.882 bits per heavy atom. The lowest BCUT2D eigenvalue weighted by molar-refractivity contribution is 0.269. The Kier molecular flexibility index (Phi) is 4.62. The monoisotopic (exact) mass is 239 g/mol. The SMILES string of the molecule is CC(C)N=C(N1CCNCC1)N1CCNCC1. The van der Waals surface area contributed by atoms with Gasteiger partial charge in [-0.1, -0.05) is 0 Å². The molecule has 0 aliphatic carbocycles. The van der Waals surface area contributed by atoms with Gasteiger partial charge in [0, 0.05) is 58.4 Å². The van der Waals surface area contributed by atoms with Gasteiger partial charge in [-0.05, 0) is 13.8 Å². The molecule has 5 nitrogen and oxygen atoms in total. The molecule has 0 bridgehead atoms. The molecule has 98 valence electrons. The zero-order valence-electron chi connectivity index (χ0n) is 11.1. The summed E-state index contributed by atoms with van der Waals surface area (Å²) < 4.78 is 0. The quantitative estimate of drug-likeness (QED) is 0.481. The van der Waals surface area contributed by atoms with Crippen molar-refractivity contribution in [3.05, 3.63) is 0 Å². The molecular formula is C12H25N5. The first kappa shape index (κ1) is 12.6. The lowest BCUT2D eigenvalue weighted by Crippen LogP contribution is -2.56. The number of nitrogens with one attached hydrogen (secondary N) is 2. The van der Waals surface area contributed by atoms with E-state index in [1.54, 1.807) is 0 Å². The summed E-state index contributed by atoms with van der Waals surface area (Å²) in [5.74, 6) is 1.21. The van der Waals surface area contributed by atoms with E-state index < -0.39 is 0 Å². The molecule has 0 aromatic rings. The molecule has 2 rings (SSSR count). The molecule has 17 heavy (non-hydrogen) atoms. The van der Waals surface area contributed by atoms with Crippen LogP contribution in [0.5, 0.6) is 0 Å². The lowest BCUT2D eigenvalue weighted by atomic mass is 10.3. The molecule has 0 atom stereocenters. The largest absolute Gasteiger partial charge is 0.340 e. The number of aliphatic imine (C=N–C) groups is 1. The van der Waals surface area contributed by atoms with Crippen molar-refractivity contribution in [1.82, 2.24) is 20.4 Å². The first-order valence-electron chi connectivity index (χ1n) is 6.76. The highest BCUT2D eigenvalue weighted by Gasteiger charge is 2.22.